The molecule has 4 heteroatoms. The zero-order chi connectivity index (χ0) is 13.8. The summed E-state index contributed by atoms with van der Waals surface area (Å²) in [6, 6.07) is 8.01. The average Bonchev–Trinajstić information content (AvgIpc) is 2.77. The van der Waals surface area contributed by atoms with Gasteiger partial charge in [-0.15, -0.1) is 0 Å². The summed E-state index contributed by atoms with van der Waals surface area (Å²) in [6.45, 7) is 2.48. The molecule has 1 aromatic rings. The summed E-state index contributed by atoms with van der Waals surface area (Å²) in [7, 11) is 0. The van der Waals surface area contributed by atoms with Crippen molar-refractivity contribution in [2.75, 3.05) is 13.1 Å². The van der Waals surface area contributed by atoms with Crippen LogP contribution in [0, 0.1) is 0 Å². The van der Waals surface area contributed by atoms with Crippen molar-refractivity contribution in [1.29, 1.82) is 0 Å². The maximum atomic E-state index is 11.8. The highest BCUT2D eigenvalue weighted by molar-refractivity contribution is 5.92. The van der Waals surface area contributed by atoms with Crippen LogP contribution in [0.2, 0.25) is 0 Å². The smallest absolute Gasteiger partial charge is 0.246 e. The van der Waals surface area contributed by atoms with Gasteiger partial charge >= 0.3 is 0 Å². The van der Waals surface area contributed by atoms with Crippen LogP contribution in [-0.2, 0) is 11.2 Å². The Morgan fingerprint density at radius 1 is 1.26 bits per heavy atom. The lowest BCUT2D eigenvalue weighted by Crippen LogP contribution is -2.27. The molecule has 1 aliphatic heterocycles. The molecule has 2 N–H and O–H groups in total. The fourth-order valence-electron chi connectivity index (χ4n) is 2.09. The van der Waals surface area contributed by atoms with E-state index in [9.17, 15) is 15.0 Å². The third-order valence-electron chi connectivity index (χ3n) is 3.38. The lowest BCUT2D eigenvalue weighted by molar-refractivity contribution is -0.125. The number of hydrogen-bond donors (Lipinski definition) is 2. The van der Waals surface area contributed by atoms with Crippen LogP contribution in [0.3, 0.4) is 0 Å². The first-order valence-corrected chi connectivity index (χ1v) is 6.52. The first kappa shape index (κ1) is 13.8. The van der Waals surface area contributed by atoms with Crippen molar-refractivity contribution in [2.45, 2.75) is 25.6 Å². The molecule has 0 aromatic heterocycles. The van der Waals surface area contributed by atoms with Crippen LogP contribution in [0.1, 0.15) is 18.1 Å². The highest BCUT2D eigenvalue weighted by Gasteiger charge is 2.31. The Kier molecular flexibility index (Phi) is 4.35. The lowest BCUT2D eigenvalue weighted by atomic mass is 10.1. The highest BCUT2D eigenvalue weighted by atomic mass is 16.3. The van der Waals surface area contributed by atoms with E-state index < -0.39 is 12.2 Å². The number of rotatable bonds is 3. The molecule has 0 bridgehead atoms. The number of hydrogen-bond acceptors (Lipinski definition) is 3. The fraction of sp³-hybridized carbons (Fsp3) is 0.400. The molecule has 2 atom stereocenters. The number of benzene rings is 1. The Bertz CT molecular complexity index is 457. The van der Waals surface area contributed by atoms with Gasteiger partial charge in [0.15, 0.2) is 0 Å². The first-order valence-electron chi connectivity index (χ1n) is 6.52. The van der Waals surface area contributed by atoms with Crippen molar-refractivity contribution in [3.05, 3.63) is 41.5 Å². The van der Waals surface area contributed by atoms with Gasteiger partial charge in [-0.1, -0.05) is 31.2 Å². The summed E-state index contributed by atoms with van der Waals surface area (Å²) in [4.78, 5) is 13.3. The van der Waals surface area contributed by atoms with Crippen LogP contribution in [-0.4, -0.2) is 46.3 Å². The molecular formula is C15H19NO3. The molecule has 1 amide bonds. The van der Waals surface area contributed by atoms with E-state index in [4.69, 9.17) is 0 Å². The largest absolute Gasteiger partial charge is 0.388 e. The number of aryl methyl sites for hydroxylation is 1. The summed E-state index contributed by atoms with van der Waals surface area (Å²) in [5.74, 6) is -0.185. The van der Waals surface area contributed by atoms with Crippen molar-refractivity contribution < 1.29 is 15.0 Å². The Balaban J connectivity index is 1.96. The van der Waals surface area contributed by atoms with Crippen LogP contribution in [0.5, 0.6) is 0 Å². The van der Waals surface area contributed by atoms with Gasteiger partial charge in [0.1, 0.15) is 0 Å². The molecule has 1 saturated heterocycles. The molecule has 0 unspecified atom stereocenters. The van der Waals surface area contributed by atoms with Crippen LogP contribution < -0.4 is 0 Å². The minimum atomic E-state index is -0.832. The van der Waals surface area contributed by atoms with Crippen LogP contribution in [0.15, 0.2) is 30.3 Å². The van der Waals surface area contributed by atoms with Gasteiger partial charge in [-0.05, 0) is 23.6 Å². The summed E-state index contributed by atoms with van der Waals surface area (Å²) in [5.41, 5.74) is 2.22. The number of carbonyl (C=O) groups is 1. The Hall–Kier alpha value is -1.65. The van der Waals surface area contributed by atoms with Crippen molar-refractivity contribution in [2.24, 2.45) is 0 Å². The summed E-state index contributed by atoms with van der Waals surface area (Å²) in [6.07, 6.45) is 2.55. The van der Waals surface area contributed by atoms with E-state index in [1.54, 1.807) is 6.08 Å². The van der Waals surface area contributed by atoms with Gasteiger partial charge in [-0.3, -0.25) is 4.79 Å². The van der Waals surface area contributed by atoms with Crippen molar-refractivity contribution in [3.8, 4) is 0 Å². The summed E-state index contributed by atoms with van der Waals surface area (Å²) >= 11 is 0. The SMILES string of the molecule is CCc1ccc(C=CC(=O)N2C[C@@H](O)[C@@H](O)C2)cc1. The monoisotopic (exact) mass is 261 g/mol. The van der Waals surface area contributed by atoms with Gasteiger partial charge in [0.25, 0.3) is 0 Å². The van der Waals surface area contributed by atoms with E-state index in [0.717, 1.165) is 12.0 Å². The lowest BCUT2D eigenvalue weighted by Gasteiger charge is -2.12. The normalized spacial score (nSPS) is 23.2. The van der Waals surface area contributed by atoms with E-state index in [1.807, 2.05) is 24.3 Å². The van der Waals surface area contributed by atoms with Crippen molar-refractivity contribution in [3.63, 3.8) is 0 Å². The second-order valence-corrected chi connectivity index (χ2v) is 4.81. The third-order valence-corrected chi connectivity index (χ3v) is 3.38. The Morgan fingerprint density at radius 3 is 2.37 bits per heavy atom. The van der Waals surface area contributed by atoms with Crippen LogP contribution >= 0.6 is 0 Å². The second-order valence-electron chi connectivity index (χ2n) is 4.81. The number of aliphatic hydroxyl groups is 2. The van der Waals surface area contributed by atoms with Gasteiger partial charge in [0.2, 0.25) is 5.91 Å². The minimum absolute atomic E-state index is 0.185. The van der Waals surface area contributed by atoms with Gasteiger partial charge in [0.05, 0.1) is 12.2 Å². The fourth-order valence-corrected chi connectivity index (χ4v) is 2.09. The van der Waals surface area contributed by atoms with E-state index in [-0.39, 0.29) is 19.0 Å². The average molecular weight is 261 g/mol. The van der Waals surface area contributed by atoms with E-state index in [1.165, 1.54) is 16.5 Å². The Morgan fingerprint density at radius 2 is 1.84 bits per heavy atom. The number of amides is 1. The van der Waals surface area contributed by atoms with E-state index in [0.29, 0.717) is 0 Å². The highest BCUT2D eigenvalue weighted by Crippen LogP contribution is 2.12. The zero-order valence-electron chi connectivity index (χ0n) is 11.0. The number of likely N-dealkylation sites (tertiary alicyclic amines) is 1. The van der Waals surface area contributed by atoms with E-state index in [2.05, 4.69) is 6.92 Å². The summed E-state index contributed by atoms with van der Waals surface area (Å²) < 4.78 is 0. The molecule has 19 heavy (non-hydrogen) atoms. The molecule has 2 rings (SSSR count). The summed E-state index contributed by atoms with van der Waals surface area (Å²) in [5, 5.41) is 18.8. The van der Waals surface area contributed by atoms with Crippen molar-refractivity contribution in [1.82, 2.24) is 4.90 Å². The zero-order valence-corrected chi connectivity index (χ0v) is 11.0. The molecular weight excluding hydrogens is 242 g/mol. The van der Waals surface area contributed by atoms with Crippen LogP contribution in [0.4, 0.5) is 0 Å². The molecule has 1 heterocycles. The minimum Gasteiger partial charge on any atom is -0.388 e. The number of β-amino-alcohol motifs (C(OH)–C–C–N with tert-alkyl or cyclic N) is 2. The molecule has 0 radical (unpaired) electrons. The van der Waals surface area contributed by atoms with Gasteiger partial charge in [0, 0.05) is 19.2 Å². The van der Waals surface area contributed by atoms with Crippen molar-refractivity contribution >= 4 is 12.0 Å². The number of aliphatic hydroxyl groups excluding tert-OH is 2. The molecule has 0 aliphatic carbocycles. The first-order chi connectivity index (χ1) is 9.10. The van der Waals surface area contributed by atoms with Gasteiger partial charge in [-0.25, -0.2) is 0 Å². The quantitative estimate of drug-likeness (QED) is 0.792. The third kappa shape index (κ3) is 3.43. The number of carbonyl (C=O) groups excluding carboxylic acids is 1. The molecule has 4 nitrogen and oxygen atoms in total. The maximum absolute atomic E-state index is 11.8. The standard InChI is InChI=1S/C15H19NO3/c1-2-11-3-5-12(6-4-11)7-8-15(19)16-9-13(17)14(18)10-16/h3-8,13-14,17-18H,2,9-10H2,1H3/t13-,14+. The molecule has 0 saturated carbocycles. The topological polar surface area (TPSA) is 60.8 Å². The Labute approximate surface area is 113 Å². The molecule has 1 aromatic carbocycles. The second kappa shape index (κ2) is 5.99. The molecule has 1 fully saturated rings. The predicted molar refractivity (Wildman–Crippen MR) is 73.4 cm³/mol. The molecule has 1 aliphatic rings. The predicted octanol–water partition coefficient (Wildman–Crippen LogP) is 0.826. The van der Waals surface area contributed by atoms with Gasteiger partial charge in [-0.2, -0.15) is 0 Å². The van der Waals surface area contributed by atoms with Crippen LogP contribution in [0.25, 0.3) is 6.08 Å². The maximum Gasteiger partial charge on any atom is 0.246 e. The van der Waals surface area contributed by atoms with Gasteiger partial charge < -0.3 is 15.1 Å². The number of nitrogens with zero attached hydrogens (tertiary/aromatic N) is 1. The molecule has 102 valence electrons. The molecule has 0 spiro atoms. The van der Waals surface area contributed by atoms with E-state index >= 15 is 0 Å².